The van der Waals surface area contributed by atoms with Crippen LogP contribution in [0.25, 0.3) is 12.2 Å². The summed E-state index contributed by atoms with van der Waals surface area (Å²) in [6.07, 6.45) is 11.9. The van der Waals surface area contributed by atoms with Crippen molar-refractivity contribution in [2.24, 2.45) is 17.2 Å². The van der Waals surface area contributed by atoms with E-state index in [1.54, 1.807) is 24.3 Å². The molecule has 0 amide bonds. The van der Waals surface area contributed by atoms with Crippen LogP contribution in [0.15, 0.2) is 60.4 Å². The smallest absolute Gasteiger partial charge is 0.271 e. The number of phenols is 1. The maximum atomic E-state index is 12.1. The van der Waals surface area contributed by atoms with Crippen LogP contribution in [0.4, 0.5) is 0 Å². The summed E-state index contributed by atoms with van der Waals surface area (Å²) in [5.74, 6) is 0.337. The van der Waals surface area contributed by atoms with Gasteiger partial charge in [0.05, 0.1) is 7.11 Å². The minimum atomic E-state index is -1.95. The standard InChI is InChI=1S/C24H25N3O6/c1-3-12-32-21-11-7-17(14-23(21)33-24(25,26)27)5-9-19(29)15-18(28)8-4-16-6-10-20(30)22(13-16)31-2/h1,4-11,13-15,29-30H,12,25-27H2,2H3/b8-4+,9-5+,19-15-. The van der Waals surface area contributed by atoms with Gasteiger partial charge in [-0.25, -0.2) is 0 Å². The van der Waals surface area contributed by atoms with Crippen molar-refractivity contribution in [1.29, 1.82) is 0 Å². The second kappa shape index (κ2) is 11.4. The van der Waals surface area contributed by atoms with Gasteiger partial charge in [-0.15, -0.1) is 6.42 Å². The molecular formula is C24H25N3O6. The van der Waals surface area contributed by atoms with Gasteiger partial charge in [-0.2, -0.15) is 0 Å². The number of carbonyl (C=O) groups is 1. The minimum absolute atomic E-state index is 0.00561. The second-order valence-corrected chi connectivity index (χ2v) is 6.72. The van der Waals surface area contributed by atoms with Crippen LogP contribution in [-0.2, 0) is 4.79 Å². The molecule has 0 aliphatic carbocycles. The van der Waals surface area contributed by atoms with Gasteiger partial charge in [-0.1, -0.05) is 30.2 Å². The lowest BCUT2D eigenvalue weighted by Crippen LogP contribution is -2.62. The van der Waals surface area contributed by atoms with Crippen molar-refractivity contribution < 1.29 is 29.2 Å². The number of nitrogens with two attached hydrogens (primary N) is 3. The predicted octanol–water partition coefficient (Wildman–Crippen LogP) is 2.02. The first-order valence-electron chi connectivity index (χ1n) is 9.55. The number of ketones is 1. The molecule has 0 unspecified atom stereocenters. The summed E-state index contributed by atoms with van der Waals surface area (Å²) in [5.41, 5.74) is 17.7. The molecule has 0 aliphatic heterocycles. The second-order valence-electron chi connectivity index (χ2n) is 6.72. The Morgan fingerprint density at radius 1 is 1.06 bits per heavy atom. The van der Waals surface area contributed by atoms with Crippen molar-refractivity contribution in [2.45, 2.75) is 5.97 Å². The molecular weight excluding hydrogens is 426 g/mol. The lowest BCUT2D eigenvalue weighted by Gasteiger charge is -2.22. The Balaban J connectivity index is 2.13. The maximum absolute atomic E-state index is 12.1. The summed E-state index contributed by atoms with van der Waals surface area (Å²) < 4.78 is 15.7. The first-order chi connectivity index (χ1) is 15.6. The zero-order valence-electron chi connectivity index (χ0n) is 17.9. The highest BCUT2D eigenvalue weighted by Crippen LogP contribution is 2.30. The van der Waals surface area contributed by atoms with Gasteiger partial charge in [0.15, 0.2) is 28.8 Å². The maximum Gasteiger partial charge on any atom is 0.271 e. The van der Waals surface area contributed by atoms with E-state index in [-0.39, 0.29) is 35.4 Å². The lowest BCUT2D eigenvalue weighted by molar-refractivity contribution is -0.110. The van der Waals surface area contributed by atoms with E-state index in [9.17, 15) is 15.0 Å². The van der Waals surface area contributed by atoms with Crippen molar-refractivity contribution in [3.8, 4) is 35.3 Å². The Morgan fingerprint density at radius 3 is 2.33 bits per heavy atom. The molecule has 33 heavy (non-hydrogen) atoms. The van der Waals surface area contributed by atoms with Gasteiger partial charge in [0.1, 0.15) is 12.4 Å². The zero-order valence-corrected chi connectivity index (χ0v) is 17.9. The van der Waals surface area contributed by atoms with E-state index in [1.165, 1.54) is 43.5 Å². The molecule has 0 aliphatic rings. The van der Waals surface area contributed by atoms with E-state index < -0.39 is 11.8 Å². The average Bonchev–Trinajstić information content (AvgIpc) is 2.75. The fourth-order valence-corrected chi connectivity index (χ4v) is 2.54. The van der Waals surface area contributed by atoms with Crippen molar-refractivity contribution in [1.82, 2.24) is 0 Å². The fourth-order valence-electron chi connectivity index (χ4n) is 2.54. The van der Waals surface area contributed by atoms with Gasteiger partial charge < -0.3 is 24.4 Å². The van der Waals surface area contributed by atoms with Crippen LogP contribution in [0.1, 0.15) is 11.1 Å². The Bertz CT molecular complexity index is 1120. The van der Waals surface area contributed by atoms with Crippen LogP contribution in [0.2, 0.25) is 0 Å². The van der Waals surface area contributed by atoms with E-state index in [1.807, 2.05) is 0 Å². The van der Waals surface area contributed by atoms with Gasteiger partial charge in [-0.3, -0.25) is 22.0 Å². The highest BCUT2D eigenvalue weighted by Gasteiger charge is 2.17. The number of ether oxygens (including phenoxy) is 3. The molecule has 172 valence electrons. The number of hydrogen-bond donors (Lipinski definition) is 5. The summed E-state index contributed by atoms with van der Waals surface area (Å²) in [4.78, 5) is 12.1. The summed E-state index contributed by atoms with van der Waals surface area (Å²) >= 11 is 0. The third-order valence-electron chi connectivity index (χ3n) is 3.95. The minimum Gasteiger partial charge on any atom is -0.508 e. The van der Waals surface area contributed by atoms with Crippen molar-refractivity contribution in [3.05, 3.63) is 71.5 Å². The van der Waals surface area contributed by atoms with Crippen LogP contribution in [-0.4, -0.2) is 35.7 Å². The average molecular weight is 451 g/mol. The fraction of sp³-hybridized carbons (Fsp3) is 0.125. The molecule has 0 bridgehead atoms. The number of aromatic hydroxyl groups is 1. The van der Waals surface area contributed by atoms with Crippen LogP contribution >= 0.6 is 0 Å². The van der Waals surface area contributed by atoms with Gasteiger partial charge >= 0.3 is 0 Å². The van der Waals surface area contributed by atoms with Crippen molar-refractivity contribution in [3.63, 3.8) is 0 Å². The Labute approximate surface area is 191 Å². The molecule has 8 N–H and O–H groups in total. The largest absolute Gasteiger partial charge is 0.508 e. The molecule has 0 heterocycles. The number of hydrogen-bond acceptors (Lipinski definition) is 9. The Kier molecular flexibility index (Phi) is 8.65. The first kappa shape index (κ1) is 25.0. The number of terminal acetylenes is 1. The number of aliphatic hydroxyl groups is 1. The molecule has 9 heteroatoms. The quantitative estimate of drug-likeness (QED) is 0.119. The normalized spacial score (nSPS) is 12.0. The summed E-state index contributed by atoms with van der Waals surface area (Å²) in [6, 6.07) is 9.38. The third kappa shape index (κ3) is 8.43. The molecule has 0 saturated heterocycles. The molecule has 0 saturated carbocycles. The molecule has 9 nitrogen and oxygen atoms in total. The molecule has 0 fully saturated rings. The van der Waals surface area contributed by atoms with Crippen molar-refractivity contribution >= 4 is 17.9 Å². The number of aliphatic hydroxyl groups excluding tert-OH is 1. The highest BCUT2D eigenvalue weighted by molar-refractivity contribution is 6.02. The van der Waals surface area contributed by atoms with Gasteiger partial charge in [0, 0.05) is 6.08 Å². The number of rotatable bonds is 10. The van der Waals surface area contributed by atoms with Crippen molar-refractivity contribution in [2.75, 3.05) is 13.7 Å². The van der Waals surface area contributed by atoms with E-state index in [0.717, 1.165) is 6.08 Å². The topological polar surface area (TPSA) is 163 Å². The van der Waals surface area contributed by atoms with Gasteiger partial charge in [0.2, 0.25) is 0 Å². The lowest BCUT2D eigenvalue weighted by atomic mass is 10.1. The Hall–Kier alpha value is -4.23. The summed E-state index contributed by atoms with van der Waals surface area (Å²) in [5, 5.41) is 19.7. The van der Waals surface area contributed by atoms with E-state index in [4.69, 9.17) is 37.8 Å². The van der Waals surface area contributed by atoms with Crippen LogP contribution in [0.5, 0.6) is 23.0 Å². The van der Waals surface area contributed by atoms with E-state index >= 15 is 0 Å². The summed E-state index contributed by atoms with van der Waals surface area (Å²) in [6.45, 7) is -0.00561. The number of allylic oxidation sites excluding steroid dienone is 3. The first-order valence-corrected chi connectivity index (χ1v) is 9.55. The van der Waals surface area contributed by atoms with Crippen LogP contribution in [0, 0.1) is 12.3 Å². The number of benzene rings is 2. The van der Waals surface area contributed by atoms with E-state index in [2.05, 4.69) is 5.92 Å². The van der Waals surface area contributed by atoms with Gasteiger partial charge in [0.25, 0.3) is 5.97 Å². The number of phenolic OH excluding ortho intramolecular Hbond substituents is 1. The highest BCUT2D eigenvalue weighted by atomic mass is 16.6. The van der Waals surface area contributed by atoms with E-state index in [0.29, 0.717) is 11.1 Å². The number of methoxy groups -OCH3 is 1. The Morgan fingerprint density at radius 2 is 1.70 bits per heavy atom. The van der Waals surface area contributed by atoms with Crippen LogP contribution < -0.4 is 31.4 Å². The molecule has 0 spiro atoms. The zero-order chi connectivity index (χ0) is 24.4. The molecule has 2 rings (SSSR count). The molecule has 0 radical (unpaired) electrons. The monoisotopic (exact) mass is 451 g/mol. The molecule has 0 atom stereocenters. The third-order valence-corrected chi connectivity index (χ3v) is 3.95. The molecule has 2 aromatic carbocycles. The number of carbonyl (C=O) groups excluding carboxylic acids is 1. The summed E-state index contributed by atoms with van der Waals surface area (Å²) in [7, 11) is 1.42. The van der Waals surface area contributed by atoms with Gasteiger partial charge in [-0.05, 0) is 47.5 Å². The predicted molar refractivity (Wildman–Crippen MR) is 125 cm³/mol. The molecule has 2 aromatic rings. The van der Waals surface area contributed by atoms with Crippen LogP contribution in [0.3, 0.4) is 0 Å². The molecule has 0 aromatic heterocycles. The SMILES string of the molecule is C#CCOc1ccc(/C=C/C(O)=C/C(=O)/C=C/c2ccc(O)c(OC)c2)cc1OC(N)(N)N.